The average molecular weight is 2080 g/mol. The lowest BCUT2D eigenvalue weighted by Gasteiger charge is -2.36. The van der Waals surface area contributed by atoms with Crippen LogP contribution in [0.5, 0.6) is 0 Å². The Kier molecular flexibility index (Phi) is 37.4. The fourth-order valence-electron chi connectivity index (χ4n) is 16.3. The van der Waals surface area contributed by atoms with E-state index in [1.54, 1.807) is 104 Å². The van der Waals surface area contributed by atoms with Gasteiger partial charge in [0.05, 0.1) is 241 Å². The Hall–Kier alpha value is -12.0. The van der Waals surface area contributed by atoms with Gasteiger partial charge in [0.2, 0.25) is 12.5 Å². The van der Waals surface area contributed by atoms with E-state index in [9.17, 15) is 68.0 Å². The van der Waals surface area contributed by atoms with Crippen molar-refractivity contribution in [1.29, 1.82) is 0 Å². The van der Waals surface area contributed by atoms with Crippen LogP contribution in [0.2, 0.25) is 0 Å². The van der Waals surface area contributed by atoms with Crippen LogP contribution in [-0.2, 0) is 155 Å². The lowest BCUT2D eigenvalue weighted by molar-refractivity contribution is -0.480. The number of fused-ring (bicyclic) bond motifs is 6. The smallest absolute Gasteiger partial charge is 0.410 e. The van der Waals surface area contributed by atoms with Gasteiger partial charge >= 0.3 is 60.4 Å². The number of hydrogen-bond donors (Lipinski definition) is 3. The van der Waals surface area contributed by atoms with Crippen molar-refractivity contribution >= 4 is 94.5 Å². The summed E-state index contributed by atoms with van der Waals surface area (Å²) in [7, 11) is 5.11. The number of carbonyl (C=O) groups excluding carboxylic acids is 11. The molecule has 1 fully saturated rings. The van der Waals surface area contributed by atoms with Gasteiger partial charge in [0.25, 0.3) is 0 Å². The molecule has 0 bridgehead atoms. The zero-order chi connectivity index (χ0) is 105. The number of nitrogens with one attached hydrogen (secondary N) is 1. The van der Waals surface area contributed by atoms with Crippen LogP contribution in [-0.4, -0.2) is 282 Å². The van der Waals surface area contributed by atoms with E-state index in [1.165, 1.54) is 47.8 Å². The molecule has 1 saturated heterocycles. The number of nitro groups is 1. The lowest BCUT2D eigenvalue weighted by atomic mass is 9.95. The van der Waals surface area contributed by atoms with E-state index in [-0.39, 0.29) is 110 Å². The second kappa shape index (κ2) is 46.2. The van der Waals surface area contributed by atoms with Crippen molar-refractivity contribution < 1.29 is 110 Å². The zero-order valence-electron chi connectivity index (χ0n) is 86.4. The number of ether oxygens (including phenoxy) is 10. The van der Waals surface area contributed by atoms with Crippen molar-refractivity contribution in [3.63, 3.8) is 0 Å². The summed E-state index contributed by atoms with van der Waals surface area (Å²) in [6.07, 6.45) is 8.87. The standard InChI is InChI=1S/C17H26N4O6.C17H28N4O4.C16H24N4O3.C16H25N3O5.C16H23N3O4.C12H18IN3O2/c1-11-9-20-14(10-19(11)16(23)27-17(2,3)4)13(8-18-20)12(15(22)26-5)6-7-21(24)25;1-11-9-21-14(10-20(11)16(23)25-17(2,3)4)13(8-19-21)12(6-7-18)15(22)24-5;1-10-8-20-13(9-19(10)15(22)23-16(2,3)4)12(7-18-20)11-5-6-17-14(11)21;1-10-8-19-12(9-18(10)14(21)24-15(2,3)4)11(7-17-19)16(5,22)13(20)23-6;1-10-8-19-13(9-18(10)15(21)23-16(3,4)5)12(7-17-19)11(2)14(20)22-6;1-8-6-16-10(9(13)5-14-16)7-15(8)11(17)18-12(2,3)4/h8,11-12H,6-7,9-10H2,1-5H3;8,11-12H,6-7,9-10,18H2,1-5H3;7,10-11H,5-6,8-9H2,1-4H3,(H,17,21);7,10,22H,8-9H2,1-6H3;7,10H,2,8-9H2,1,3-6H3;5,8H,6-7H2,1-4H3/t2*11-,12?;10-,11?;10-,16?;10-;8-/m000000/s1. The molecule has 7 amide bonds. The molecule has 45 nitrogen and oxygen atoms in total. The molecule has 13 rings (SSSR count). The molecule has 46 heteroatoms. The quantitative estimate of drug-likeness (QED) is 0.0228. The van der Waals surface area contributed by atoms with Crippen molar-refractivity contribution in [2.75, 3.05) is 48.1 Å². The number of esters is 4. The van der Waals surface area contributed by atoms with E-state index in [1.807, 2.05) is 145 Å². The minimum Gasteiger partial charge on any atom is -0.469 e. The van der Waals surface area contributed by atoms with Crippen LogP contribution >= 0.6 is 22.6 Å². The first-order valence-electron chi connectivity index (χ1n) is 46.6. The number of nitrogens with zero attached hydrogens (tertiary/aromatic N) is 19. The molecule has 0 radical (unpaired) electrons. The largest absolute Gasteiger partial charge is 0.469 e. The molecule has 7 aliphatic heterocycles. The van der Waals surface area contributed by atoms with Gasteiger partial charge in [-0.15, -0.1) is 0 Å². The summed E-state index contributed by atoms with van der Waals surface area (Å²) in [4.78, 5) is 155. The minimum absolute atomic E-state index is 0.000355. The third kappa shape index (κ3) is 29.6. The number of carbonyl (C=O) groups is 11. The number of aliphatic hydroxyl groups is 1. The molecular formula is C94H144IN21O24. The normalized spacial score (nSPS) is 19.6. The maximum Gasteiger partial charge on any atom is 0.410 e. The Morgan fingerprint density at radius 3 is 1.10 bits per heavy atom. The van der Waals surface area contributed by atoms with E-state index in [0.29, 0.717) is 106 Å². The number of aromatic nitrogens is 12. The average Bonchev–Trinajstić information content (AvgIpc) is 1.61. The van der Waals surface area contributed by atoms with Crippen LogP contribution < -0.4 is 11.1 Å². The van der Waals surface area contributed by atoms with Gasteiger partial charge in [-0.25, -0.2) is 38.4 Å². The Labute approximate surface area is 830 Å². The fraction of sp³-hybridized carbons (Fsp3) is 0.670. The first-order valence-corrected chi connectivity index (χ1v) is 47.7. The summed E-state index contributed by atoms with van der Waals surface area (Å²) in [5, 5.41) is 50.0. The number of nitrogens with two attached hydrogens (primary N) is 1. The Morgan fingerprint density at radius 2 is 0.757 bits per heavy atom. The minimum atomic E-state index is -1.83. The van der Waals surface area contributed by atoms with Gasteiger partial charge in [0.1, 0.15) is 33.6 Å². The van der Waals surface area contributed by atoms with E-state index in [2.05, 4.69) is 69.8 Å². The highest BCUT2D eigenvalue weighted by molar-refractivity contribution is 14.1. The highest BCUT2D eigenvalue weighted by Crippen LogP contribution is 2.38. The fourth-order valence-corrected chi connectivity index (χ4v) is 16.8. The van der Waals surface area contributed by atoms with E-state index < -0.39 is 86.1 Å². The number of amides is 7. The van der Waals surface area contributed by atoms with Crippen LogP contribution in [0.3, 0.4) is 0 Å². The van der Waals surface area contributed by atoms with Gasteiger partial charge in [-0.2, -0.15) is 30.6 Å². The molecule has 0 aromatic carbocycles. The second-order valence-electron chi connectivity index (χ2n) is 41.7. The summed E-state index contributed by atoms with van der Waals surface area (Å²) in [6, 6.07) is -0.276. The van der Waals surface area contributed by atoms with Crippen molar-refractivity contribution in [2.45, 2.75) is 364 Å². The van der Waals surface area contributed by atoms with Gasteiger partial charge in [-0.3, -0.25) is 82.0 Å². The predicted octanol–water partition coefficient (Wildman–Crippen LogP) is 11.4. The van der Waals surface area contributed by atoms with E-state index >= 15 is 0 Å². The Balaban J connectivity index is 0.000000206. The third-order valence-corrected chi connectivity index (χ3v) is 24.2. The number of halogens is 1. The molecule has 776 valence electrons. The number of methoxy groups -OCH3 is 4. The Morgan fingerprint density at radius 1 is 0.450 bits per heavy atom. The molecule has 0 spiro atoms. The van der Waals surface area contributed by atoms with Gasteiger partial charge < -0.3 is 63.5 Å². The van der Waals surface area contributed by atoms with Crippen LogP contribution in [0.15, 0.2) is 43.8 Å². The van der Waals surface area contributed by atoms with Crippen molar-refractivity contribution in [3.05, 3.63) is 119 Å². The van der Waals surface area contributed by atoms with Gasteiger partial charge in [0.15, 0.2) is 5.60 Å². The summed E-state index contributed by atoms with van der Waals surface area (Å²) in [6.45, 7) is 55.8. The predicted molar refractivity (Wildman–Crippen MR) is 516 cm³/mol. The van der Waals surface area contributed by atoms with Crippen LogP contribution in [0, 0.1) is 13.7 Å². The van der Waals surface area contributed by atoms with Gasteiger partial charge in [0, 0.05) is 45.7 Å². The highest BCUT2D eigenvalue weighted by Gasteiger charge is 2.45. The maximum absolute atomic E-state index is 12.5. The van der Waals surface area contributed by atoms with Crippen LogP contribution in [0.25, 0.3) is 5.57 Å². The SMILES string of the molecule is C=C(C(=O)OC)c1cnn2c1CN(C(=O)OC(C)(C)C)[C@@H](C)C2.COC(=O)C(C)(O)c1cnn2c1CN(C(=O)OC(C)(C)C)[C@@H](C)C2.COC(=O)C(CCN)c1cnn2c1CN(C(=O)OC(C)(C)C)[C@@H](C)C2.COC(=O)C(CC[N+](=O)[O-])c1cnn2c1CN(C(=O)OC(C)(C)C)[C@@H](C)C2.C[C@H]1Cn2ncc(C3CCNC3=O)c2CN1C(=O)OC(C)(C)C.C[C@H]1Cn2ncc(I)c2CN1C(=O)OC(C)(C)C. The Bertz CT molecular complexity index is 5430. The van der Waals surface area contributed by atoms with Crippen LogP contribution in [0.4, 0.5) is 28.8 Å². The second-order valence-corrected chi connectivity index (χ2v) is 42.8. The number of hydrogen-bond acceptors (Lipinski definition) is 31. The third-order valence-electron chi connectivity index (χ3n) is 23.3. The molecule has 0 aliphatic carbocycles. The maximum atomic E-state index is 12.5. The molecule has 6 aromatic heterocycles. The molecule has 4 N–H and O–H groups in total. The molecule has 13 heterocycles. The first-order chi connectivity index (χ1) is 64.8. The monoisotopic (exact) mass is 2080 g/mol. The first kappa shape index (κ1) is 113. The van der Waals surface area contributed by atoms with E-state index in [0.717, 1.165) is 50.4 Å². The topological polar surface area (TPSA) is 508 Å². The highest BCUT2D eigenvalue weighted by atomic mass is 127. The molecule has 140 heavy (non-hydrogen) atoms. The molecular weight excluding hydrogens is 1930 g/mol. The molecule has 6 aromatic rings. The lowest BCUT2D eigenvalue weighted by Crippen LogP contribution is -2.48. The molecule has 0 saturated carbocycles. The van der Waals surface area contributed by atoms with Gasteiger partial charge in [-0.05, 0) is 215 Å². The summed E-state index contributed by atoms with van der Waals surface area (Å²) < 4.78 is 63.9. The number of rotatable bonds is 14. The zero-order valence-corrected chi connectivity index (χ0v) is 88.5. The van der Waals surface area contributed by atoms with E-state index in [4.69, 9.17) is 48.4 Å². The molecule has 10 atom stereocenters. The van der Waals surface area contributed by atoms with Crippen molar-refractivity contribution in [2.24, 2.45) is 5.73 Å². The van der Waals surface area contributed by atoms with Crippen molar-refractivity contribution in [1.82, 2.24) is 93.4 Å². The summed E-state index contributed by atoms with van der Waals surface area (Å²) in [5.74, 6) is -3.59. The molecule has 7 aliphatic rings. The summed E-state index contributed by atoms with van der Waals surface area (Å²) in [5.41, 5.74) is 8.73. The van der Waals surface area contributed by atoms with Crippen molar-refractivity contribution in [3.8, 4) is 0 Å². The molecule has 4 unspecified atom stereocenters. The van der Waals surface area contributed by atoms with Gasteiger partial charge in [-0.1, -0.05) is 6.58 Å². The summed E-state index contributed by atoms with van der Waals surface area (Å²) >= 11 is 2.25. The van der Waals surface area contributed by atoms with Crippen LogP contribution in [0.1, 0.15) is 272 Å².